The van der Waals surface area contributed by atoms with Gasteiger partial charge in [-0.1, -0.05) is 18.2 Å². The molecule has 136 valence electrons. The molecule has 1 saturated heterocycles. The maximum atomic E-state index is 10.9. The van der Waals surface area contributed by atoms with Crippen LogP contribution in [0.2, 0.25) is 0 Å². The number of hydrogen-bond donors (Lipinski definition) is 2. The molecular formula is C20H25N5O. The summed E-state index contributed by atoms with van der Waals surface area (Å²) < 4.78 is 2.12. The number of carbonyl (C=O) groups is 1. The molecule has 3 N–H and O–H groups in total. The number of aromatic amines is 1. The van der Waals surface area contributed by atoms with E-state index < -0.39 is 6.04 Å². The van der Waals surface area contributed by atoms with Gasteiger partial charge in [-0.15, -0.1) is 0 Å². The Morgan fingerprint density at radius 2 is 2.19 bits per heavy atom. The van der Waals surface area contributed by atoms with Crippen molar-refractivity contribution in [2.45, 2.75) is 31.3 Å². The molecule has 4 rings (SSSR count). The first-order valence-corrected chi connectivity index (χ1v) is 9.18. The summed E-state index contributed by atoms with van der Waals surface area (Å²) in [6.07, 6.45) is 9.68. The van der Waals surface area contributed by atoms with Crippen molar-refractivity contribution in [2.75, 3.05) is 20.1 Å². The molecule has 0 bridgehead atoms. The van der Waals surface area contributed by atoms with Gasteiger partial charge in [-0.05, 0) is 45.0 Å². The Labute approximate surface area is 153 Å². The molecule has 6 heteroatoms. The number of nitrogens with two attached hydrogens (primary N) is 1. The van der Waals surface area contributed by atoms with Gasteiger partial charge in [-0.2, -0.15) is 5.10 Å². The van der Waals surface area contributed by atoms with Gasteiger partial charge in [0.2, 0.25) is 0 Å². The SMILES string of the molecule is CN1CCC(n2cc(-c3cccc4c(CC(N)C=O)c[nH]c34)cn2)CC1. The summed E-state index contributed by atoms with van der Waals surface area (Å²) in [5, 5.41) is 5.75. The van der Waals surface area contributed by atoms with Gasteiger partial charge in [-0.25, -0.2) is 0 Å². The minimum Gasteiger partial charge on any atom is -0.360 e. The Morgan fingerprint density at radius 1 is 1.38 bits per heavy atom. The third-order valence-corrected chi connectivity index (χ3v) is 5.41. The highest BCUT2D eigenvalue weighted by Gasteiger charge is 2.20. The fraction of sp³-hybridized carbons (Fsp3) is 0.400. The predicted octanol–water partition coefficient (Wildman–Crippen LogP) is 2.37. The number of nitrogens with one attached hydrogen (secondary N) is 1. The number of piperidine rings is 1. The number of H-pyrrole nitrogens is 1. The maximum absolute atomic E-state index is 10.9. The number of benzene rings is 1. The third kappa shape index (κ3) is 3.18. The van der Waals surface area contributed by atoms with Gasteiger partial charge in [0.05, 0.1) is 23.8 Å². The van der Waals surface area contributed by atoms with E-state index in [-0.39, 0.29) is 0 Å². The maximum Gasteiger partial charge on any atom is 0.137 e. The lowest BCUT2D eigenvalue weighted by molar-refractivity contribution is -0.108. The predicted molar refractivity (Wildman–Crippen MR) is 103 cm³/mol. The molecule has 0 aliphatic carbocycles. The Hall–Kier alpha value is -2.44. The molecule has 2 aromatic heterocycles. The molecule has 0 saturated carbocycles. The Bertz CT molecular complexity index is 904. The summed E-state index contributed by atoms with van der Waals surface area (Å²) in [5.74, 6) is 0. The monoisotopic (exact) mass is 351 g/mol. The number of para-hydroxylation sites is 1. The van der Waals surface area contributed by atoms with Gasteiger partial charge in [-0.3, -0.25) is 4.68 Å². The summed E-state index contributed by atoms with van der Waals surface area (Å²) in [5.41, 5.74) is 10.2. The summed E-state index contributed by atoms with van der Waals surface area (Å²) in [7, 11) is 2.17. The highest BCUT2D eigenvalue weighted by molar-refractivity contribution is 5.96. The first-order chi connectivity index (χ1) is 12.7. The molecule has 0 amide bonds. The van der Waals surface area contributed by atoms with Gasteiger partial charge in [0, 0.05) is 28.9 Å². The summed E-state index contributed by atoms with van der Waals surface area (Å²) in [4.78, 5) is 16.6. The van der Waals surface area contributed by atoms with Crippen LogP contribution < -0.4 is 5.73 Å². The number of aldehydes is 1. The van der Waals surface area contributed by atoms with E-state index in [2.05, 4.69) is 45.0 Å². The van der Waals surface area contributed by atoms with Crippen molar-refractivity contribution in [1.29, 1.82) is 0 Å². The van der Waals surface area contributed by atoms with Gasteiger partial charge in [0.15, 0.2) is 0 Å². The molecular weight excluding hydrogens is 326 g/mol. The lowest BCUT2D eigenvalue weighted by Gasteiger charge is -2.28. The van der Waals surface area contributed by atoms with Crippen LogP contribution in [0.3, 0.4) is 0 Å². The van der Waals surface area contributed by atoms with Crippen LogP contribution in [0.15, 0.2) is 36.8 Å². The zero-order valence-corrected chi connectivity index (χ0v) is 15.1. The molecule has 6 nitrogen and oxygen atoms in total. The van der Waals surface area contributed by atoms with Crippen LogP contribution in [0.4, 0.5) is 0 Å². The zero-order chi connectivity index (χ0) is 18.1. The lowest BCUT2D eigenvalue weighted by atomic mass is 10.0. The van der Waals surface area contributed by atoms with E-state index in [0.717, 1.165) is 59.8 Å². The number of hydrogen-bond acceptors (Lipinski definition) is 4. The quantitative estimate of drug-likeness (QED) is 0.692. The van der Waals surface area contributed by atoms with E-state index in [1.54, 1.807) is 0 Å². The summed E-state index contributed by atoms with van der Waals surface area (Å²) in [6.45, 7) is 2.23. The van der Waals surface area contributed by atoms with Crippen molar-refractivity contribution in [3.05, 3.63) is 42.4 Å². The van der Waals surface area contributed by atoms with Crippen molar-refractivity contribution < 1.29 is 4.79 Å². The van der Waals surface area contributed by atoms with Crippen molar-refractivity contribution in [1.82, 2.24) is 19.7 Å². The van der Waals surface area contributed by atoms with Gasteiger partial charge in [0.1, 0.15) is 6.29 Å². The Balaban J connectivity index is 1.64. The highest BCUT2D eigenvalue weighted by atomic mass is 16.1. The van der Waals surface area contributed by atoms with E-state index in [0.29, 0.717) is 12.5 Å². The largest absolute Gasteiger partial charge is 0.360 e. The van der Waals surface area contributed by atoms with Crippen LogP contribution in [0.5, 0.6) is 0 Å². The number of rotatable bonds is 5. The van der Waals surface area contributed by atoms with Crippen LogP contribution in [0.1, 0.15) is 24.4 Å². The number of fused-ring (bicyclic) bond motifs is 1. The average Bonchev–Trinajstić information content (AvgIpc) is 3.30. The number of aromatic nitrogens is 3. The minimum atomic E-state index is -0.468. The molecule has 3 aromatic rings. The van der Waals surface area contributed by atoms with Crippen molar-refractivity contribution in [2.24, 2.45) is 5.73 Å². The standard InChI is InChI=1S/C20H25N5O/c1-24-7-5-17(6-8-24)25-12-15(11-23-25)19-4-2-3-18-14(9-16(21)13-26)10-22-20(18)19/h2-4,10-13,16-17,22H,5-9,21H2,1H3. The van der Waals surface area contributed by atoms with E-state index in [4.69, 9.17) is 5.73 Å². The van der Waals surface area contributed by atoms with Crippen molar-refractivity contribution >= 4 is 17.2 Å². The molecule has 1 aliphatic heterocycles. The number of likely N-dealkylation sites (tertiary alicyclic amines) is 1. The van der Waals surface area contributed by atoms with Gasteiger partial charge < -0.3 is 20.4 Å². The molecule has 3 heterocycles. The van der Waals surface area contributed by atoms with E-state index >= 15 is 0 Å². The average molecular weight is 351 g/mol. The Morgan fingerprint density at radius 3 is 2.96 bits per heavy atom. The van der Waals surface area contributed by atoms with Crippen LogP contribution in [-0.2, 0) is 11.2 Å². The van der Waals surface area contributed by atoms with Gasteiger partial charge in [0.25, 0.3) is 0 Å². The van der Waals surface area contributed by atoms with Crippen molar-refractivity contribution in [3.8, 4) is 11.1 Å². The van der Waals surface area contributed by atoms with Crippen LogP contribution in [0.25, 0.3) is 22.0 Å². The zero-order valence-electron chi connectivity index (χ0n) is 15.1. The smallest absolute Gasteiger partial charge is 0.137 e. The van der Waals surface area contributed by atoms with Crippen LogP contribution in [0, 0.1) is 0 Å². The van der Waals surface area contributed by atoms with Gasteiger partial charge >= 0.3 is 0 Å². The molecule has 1 aliphatic rings. The molecule has 26 heavy (non-hydrogen) atoms. The molecule has 0 spiro atoms. The van der Waals surface area contributed by atoms with E-state index in [1.807, 2.05) is 18.5 Å². The van der Waals surface area contributed by atoms with Crippen molar-refractivity contribution in [3.63, 3.8) is 0 Å². The lowest BCUT2D eigenvalue weighted by Crippen LogP contribution is -2.31. The molecule has 1 unspecified atom stereocenters. The van der Waals surface area contributed by atoms with Crippen LogP contribution >= 0.6 is 0 Å². The number of carbonyl (C=O) groups excluding carboxylic acids is 1. The van der Waals surface area contributed by atoms with E-state index in [1.165, 1.54) is 0 Å². The highest BCUT2D eigenvalue weighted by Crippen LogP contribution is 2.31. The van der Waals surface area contributed by atoms with Crippen LogP contribution in [-0.4, -0.2) is 52.1 Å². The molecule has 1 aromatic carbocycles. The fourth-order valence-corrected chi connectivity index (χ4v) is 3.86. The first kappa shape index (κ1) is 17.0. The minimum absolute atomic E-state index is 0.468. The molecule has 1 atom stereocenters. The number of nitrogens with zero attached hydrogens (tertiary/aromatic N) is 3. The fourth-order valence-electron chi connectivity index (χ4n) is 3.86. The second-order valence-corrected chi connectivity index (χ2v) is 7.29. The topological polar surface area (TPSA) is 79.9 Å². The summed E-state index contributed by atoms with van der Waals surface area (Å²) in [6, 6.07) is 6.24. The first-order valence-electron chi connectivity index (χ1n) is 9.18. The molecule has 1 fully saturated rings. The van der Waals surface area contributed by atoms with E-state index in [9.17, 15) is 4.79 Å². The normalized spacial score (nSPS) is 17.6. The molecule has 0 radical (unpaired) electrons. The summed E-state index contributed by atoms with van der Waals surface area (Å²) >= 11 is 0. The Kier molecular flexibility index (Phi) is 4.61. The second-order valence-electron chi connectivity index (χ2n) is 7.29. The second kappa shape index (κ2) is 7.05. The third-order valence-electron chi connectivity index (χ3n) is 5.41.